The summed E-state index contributed by atoms with van der Waals surface area (Å²) in [5, 5.41) is 23.2. The quantitative estimate of drug-likeness (QED) is 0.846. The molecule has 0 radical (unpaired) electrons. The van der Waals surface area contributed by atoms with Crippen LogP contribution in [0.3, 0.4) is 0 Å². The maximum Gasteiger partial charge on any atom is 0.335 e. The van der Waals surface area contributed by atoms with Crippen molar-refractivity contribution in [1.82, 2.24) is 15.0 Å². The molecule has 0 unspecified atom stereocenters. The van der Waals surface area contributed by atoms with E-state index in [-0.39, 0.29) is 43.1 Å². The first kappa shape index (κ1) is 19.0. The lowest BCUT2D eigenvalue weighted by Crippen LogP contribution is -2.50. The molecular weight excluding hydrogens is 350 g/mol. The monoisotopic (exact) mass is 373 g/mol. The van der Waals surface area contributed by atoms with Gasteiger partial charge in [0.15, 0.2) is 11.4 Å². The summed E-state index contributed by atoms with van der Waals surface area (Å²) in [6.07, 6.45) is -0.0179. The van der Waals surface area contributed by atoms with Crippen molar-refractivity contribution in [2.24, 2.45) is 0 Å². The van der Waals surface area contributed by atoms with Gasteiger partial charge in [-0.3, -0.25) is 4.79 Å². The third-order valence-electron chi connectivity index (χ3n) is 4.76. The number of aliphatic carboxylic acids is 1. The zero-order valence-corrected chi connectivity index (χ0v) is 15.6. The van der Waals surface area contributed by atoms with Crippen LogP contribution in [0, 0.1) is 0 Å². The van der Waals surface area contributed by atoms with Crippen LogP contribution in [-0.2, 0) is 10.2 Å². The van der Waals surface area contributed by atoms with Crippen LogP contribution in [0.15, 0.2) is 28.8 Å². The number of carboxylic acid groups (broad SMARTS) is 1. The fourth-order valence-corrected chi connectivity index (χ4v) is 2.96. The molecule has 3 rings (SSSR count). The number of aromatic nitrogens is 2. The molecule has 144 valence electrons. The molecule has 8 heteroatoms. The zero-order valence-electron chi connectivity index (χ0n) is 15.6. The number of nitrogens with zero attached hydrogens (tertiary/aromatic N) is 3. The Morgan fingerprint density at radius 1 is 1.19 bits per heavy atom. The lowest BCUT2D eigenvalue weighted by molar-refractivity contribution is -0.162. The largest absolute Gasteiger partial charge is 0.479 e. The van der Waals surface area contributed by atoms with Crippen molar-refractivity contribution in [3.8, 4) is 11.5 Å². The molecule has 2 N–H and O–H groups in total. The van der Waals surface area contributed by atoms with Crippen molar-refractivity contribution in [2.75, 3.05) is 13.1 Å². The highest BCUT2D eigenvalue weighted by molar-refractivity contribution is 6.00. The first-order chi connectivity index (χ1) is 12.6. The second kappa shape index (κ2) is 6.77. The Bertz CT molecular complexity index is 860. The molecular formula is C19H23N3O5. The summed E-state index contributed by atoms with van der Waals surface area (Å²) in [4.78, 5) is 30.1. The Morgan fingerprint density at radius 3 is 2.37 bits per heavy atom. The standard InChI is InChI=1S/C19H23N3O5/c1-18(2,3)16-20-14(27-21-16)12-6-4-5-7-13(12)15(23)22-10-8-19(26,9-11-22)17(24)25/h4-7,26H,8-11H2,1-3H3,(H,24,25). The maximum atomic E-state index is 13.0. The van der Waals surface area contributed by atoms with Gasteiger partial charge in [0.25, 0.3) is 11.8 Å². The minimum absolute atomic E-state index is 0.00896. The summed E-state index contributed by atoms with van der Waals surface area (Å²) in [5.41, 5.74) is -1.12. The van der Waals surface area contributed by atoms with Crippen molar-refractivity contribution < 1.29 is 24.3 Å². The van der Waals surface area contributed by atoms with Crippen molar-refractivity contribution in [3.05, 3.63) is 35.7 Å². The third-order valence-corrected chi connectivity index (χ3v) is 4.76. The van der Waals surface area contributed by atoms with Gasteiger partial charge in [0.2, 0.25) is 0 Å². The number of hydrogen-bond donors (Lipinski definition) is 2. The van der Waals surface area contributed by atoms with Gasteiger partial charge in [-0.25, -0.2) is 4.79 Å². The Labute approximate surface area is 156 Å². The SMILES string of the molecule is CC(C)(C)c1noc(-c2ccccc2C(=O)N2CCC(O)(C(=O)O)CC2)n1. The Morgan fingerprint density at radius 2 is 1.81 bits per heavy atom. The number of rotatable bonds is 3. The van der Waals surface area contributed by atoms with Gasteiger partial charge in [-0.2, -0.15) is 4.98 Å². The summed E-state index contributed by atoms with van der Waals surface area (Å²) < 4.78 is 5.37. The molecule has 0 aliphatic carbocycles. The molecule has 0 saturated carbocycles. The molecule has 2 heterocycles. The minimum Gasteiger partial charge on any atom is -0.479 e. The van der Waals surface area contributed by atoms with Gasteiger partial charge in [0.1, 0.15) is 0 Å². The van der Waals surface area contributed by atoms with E-state index >= 15 is 0 Å². The zero-order chi connectivity index (χ0) is 19.8. The molecule has 1 aromatic carbocycles. The van der Waals surface area contributed by atoms with Crippen LogP contribution in [0.4, 0.5) is 0 Å². The maximum absolute atomic E-state index is 13.0. The molecule has 0 atom stereocenters. The van der Waals surface area contributed by atoms with Gasteiger partial charge in [0.05, 0.1) is 11.1 Å². The average molecular weight is 373 g/mol. The smallest absolute Gasteiger partial charge is 0.335 e. The lowest BCUT2D eigenvalue weighted by atomic mass is 9.91. The summed E-state index contributed by atoms with van der Waals surface area (Å²) in [6, 6.07) is 6.95. The number of amides is 1. The van der Waals surface area contributed by atoms with Crippen molar-refractivity contribution in [3.63, 3.8) is 0 Å². The number of benzene rings is 1. The van der Waals surface area contributed by atoms with Crippen molar-refractivity contribution in [2.45, 2.75) is 44.6 Å². The number of carbonyl (C=O) groups is 2. The van der Waals surface area contributed by atoms with Gasteiger partial charge in [0, 0.05) is 31.3 Å². The topological polar surface area (TPSA) is 117 Å². The fourth-order valence-electron chi connectivity index (χ4n) is 2.96. The second-order valence-corrected chi connectivity index (χ2v) is 7.85. The minimum atomic E-state index is -1.77. The third kappa shape index (κ3) is 3.71. The van der Waals surface area contributed by atoms with Crippen molar-refractivity contribution in [1.29, 1.82) is 0 Å². The van der Waals surface area contributed by atoms with E-state index in [1.54, 1.807) is 24.3 Å². The highest BCUT2D eigenvalue weighted by atomic mass is 16.5. The normalized spacial score (nSPS) is 17.0. The summed E-state index contributed by atoms with van der Waals surface area (Å²) >= 11 is 0. The van der Waals surface area contributed by atoms with E-state index < -0.39 is 11.6 Å². The van der Waals surface area contributed by atoms with E-state index in [2.05, 4.69) is 10.1 Å². The first-order valence-electron chi connectivity index (χ1n) is 8.80. The van der Waals surface area contributed by atoms with Crippen LogP contribution in [-0.4, -0.2) is 55.8 Å². The number of carboxylic acids is 1. The van der Waals surface area contributed by atoms with Gasteiger partial charge in [-0.05, 0) is 12.1 Å². The van der Waals surface area contributed by atoms with Gasteiger partial charge in [-0.15, -0.1) is 0 Å². The number of piperidine rings is 1. The predicted octanol–water partition coefficient (Wildman–Crippen LogP) is 2.09. The van der Waals surface area contributed by atoms with E-state index in [0.29, 0.717) is 17.0 Å². The number of likely N-dealkylation sites (tertiary alicyclic amines) is 1. The Hall–Kier alpha value is -2.74. The first-order valence-corrected chi connectivity index (χ1v) is 8.80. The van der Waals surface area contributed by atoms with Crippen LogP contribution in [0.1, 0.15) is 49.8 Å². The molecule has 27 heavy (non-hydrogen) atoms. The predicted molar refractivity (Wildman–Crippen MR) is 96.2 cm³/mol. The number of hydrogen-bond acceptors (Lipinski definition) is 6. The lowest BCUT2D eigenvalue weighted by Gasteiger charge is -2.35. The molecule has 1 fully saturated rings. The van der Waals surface area contributed by atoms with Crippen molar-refractivity contribution >= 4 is 11.9 Å². The molecule has 1 aliphatic heterocycles. The summed E-state index contributed by atoms with van der Waals surface area (Å²) in [5.74, 6) is -0.698. The molecule has 0 spiro atoms. The van der Waals surface area contributed by atoms with Crippen LogP contribution < -0.4 is 0 Å². The van der Waals surface area contributed by atoms with Crippen LogP contribution >= 0.6 is 0 Å². The van der Waals surface area contributed by atoms with E-state index in [1.165, 1.54) is 4.90 Å². The molecule has 1 aliphatic rings. The van der Waals surface area contributed by atoms with Gasteiger partial charge >= 0.3 is 5.97 Å². The fraction of sp³-hybridized carbons (Fsp3) is 0.474. The number of carbonyl (C=O) groups excluding carboxylic acids is 1. The van der Waals surface area contributed by atoms with E-state index in [4.69, 9.17) is 9.63 Å². The van der Waals surface area contributed by atoms with E-state index in [0.717, 1.165) is 0 Å². The van der Waals surface area contributed by atoms with E-state index in [9.17, 15) is 14.7 Å². The van der Waals surface area contributed by atoms with E-state index in [1.807, 2.05) is 20.8 Å². The molecule has 1 aromatic heterocycles. The molecule has 2 aromatic rings. The van der Waals surface area contributed by atoms with Crippen LogP contribution in [0.5, 0.6) is 0 Å². The highest BCUT2D eigenvalue weighted by Crippen LogP contribution is 2.29. The second-order valence-electron chi connectivity index (χ2n) is 7.85. The summed E-state index contributed by atoms with van der Waals surface area (Å²) in [7, 11) is 0. The molecule has 1 amide bonds. The number of aliphatic hydroxyl groups is 1. The Balaban J connectivity index is 1.85. The Kier molecular flexibility index (Phi) is 4.77. The molecule has 1 saturated heterocycles. The molecule has 8 nitrogen and oxygen atoms in total. The van der Waals surface area contributed by atoms with Gasteiger partial charge in [-0.1, -0.05) is 38.1 Å². The van der Waals surface area contributed by atoms with Crippen LogP contribution in [0.25, 0.3) is 11.5 Å². The van der Waals surface area contributed by atoms with Crippen LogP contribution in [0.2, 0.25) is 0 Å². The summed E-state index contributed by atoms with van der Waals surface area (Å²) in [6.45, 7) is 6.22. The average Bonchev–Trinajstić information content (AvgIpc) is 3.12. The van der Waals surface area contributed by atoms with Gasteiger partial charge < -0.3 is 19.6 Å². The highest BCUT2D eigenvalue weighted by Gasteiger charge is 2.40. The molecule has 0 bridgehead atoms.